The summed E-state index contributed by atoms with van der Waals surface area (Å²) in [5.74, 6) is 0.560. The molecule has 0 aliphatic carbocycles. The van der Waals surface area contributed by atoms with Crippen molar-refractivity contribution >= 4 is 0 Å². The van der Waals surface area contributed by atoms with Crippen LogP contribution >= 0.6 is 0 Å². The van der Waals surface area contributed by atoms with Crippen molar-refractivity contribution in [2.24, 2.45) is 5.92 Å². The Hall–Kier alpha value is 1.06. The molecule has 0 spiro atoms. The van der Waals surface area contributed by atoms with Gasteiger partial charge >= 0.3 is 0 Å². The maximum absolute atomic E-state index is 8.75. The van der Waals surface area contributed by atoms with Crippen molar-refractivity contribution in [3.63, 3.8) is 0 Å². The zero-order valence-corrected chi connectivity index (χ0v) is 9.98. The molecule has 10 heavy (non-hydrogen) atoms. The summed E-state index contributed by atoms with van der Waals surface area (Å²) in [4.78, 5) is 0. The third-order valence-electron chi connectivity index (χ3n) is 1.80. The Bertz CT molecular complexity index is 53.2. The average Bonchev–Trinajstić information content (AvgIpc) is 1.91. The van der Waals surface area contributed by atoms with E-state index in [0.717, 1.165) is 6.42 Å². The second kappa shape index (κ2) is 10.1. The van der Waals surface area contributed by atoms with Crippen LogP contribution in [-0.2, 0) is 32.7 Å². The molecule has 1 radical (unpaired) electrons. The summed E-state index contributed by atoms with van der Waals surface area (Å²) >= 11 is 0. The summed E-state index contributed by atoms with van der Waals surface area (Å²) in [6.45, 7) is 4.69. The maximum Gasteiger partial charge on any atom is 0.0459 e. The monoisotopic (exact) mass is 219 g/mol. The Morgan fingerprint density at radius 3 is 2.20 bits per heavy atom. The van der Waals surface area contributed by atoms with Crippen LogP contribution in [0.5, 0.6) is 0 Å². The van der Waals surface area contributed by atoms with Crippen LogP contribution in [0.25, 0.3) is 0 Å². The Kier molecular flexibility index (Phi) is 13.7. The van der Waals surface area contributed by atoms with Crippen LogP contribution in [0, 0.1) is 5.92 Å². The van der Waals surface area contributed by atoms with Gasteiger partial charge in [0, 0.05) is 39.3 Å². The van der Waals surface area contributed by atoms with E-state index in [1.165, 1.54) is 19.3 Å². The molecule has 0 aromatic heterocycles. The van der Waals surface area contributed by atoms with Crippen molar-refractivity contribution in [3.05, 3.63) is 0 Å². The van der Waals surface area contributed by atoms with Gasteiger partial charge in [-0.1, -0.05) is 33.1 Å². The molecule has 0 aliphatic heterocycles. The molecule has 1 nitrogen and oxygen atoms in total. The molecule has 0 fully saturated rings. The summed E-state index contributed by atoms with van der Waals surface area (Å²) in [7, 11) is 0. The molecule has 0 saturated heterocycles. The van der Waals surface area contributed by atoms with Gasteiger partial charge in [-0.05, 0) is 12.3 Å². The average molecular weight is 219 g/mol. The Morgan fingerprint density at radius 2 is 1.90 bits per heavy atom. The molecular weight excluding hydrogens is 201 g/mol. The van der Waals surface area contributed by atoms with Crippen LogP contribution in [0.4, 0.5) is 0 Å². The minimum atomic E-state index is 0. The molecule has 1 unspecified atom stereocenters. The number of aliphatic hydroxyl groups excluding tert-OH is 1. The number of hydrogen-bond donors (Lipinski definition) is 1. The second-order valence-electron chi connectivity index (χ2n) is 2.60. The predicted molar refractivity (Wildman–Crippen MR) is 40.4 cm³/mol. The van der Waals surface area contributed by atoms with Crippen molar-refractivity contribution < 1.29 is 37.8 Å². The van der Waals surface area contributed by atoms with Crippen molar-refractivity contribution in [1.82, 2.24) is 0 Å². The van der Waals surface area contributed by atoms with Crippen LogP contribution in [0.1, 0.15) is 39.5 Å². The van der Waals surface area contributed by atoms with Crippen molar-refractivity contribution in [1.29, 1.82) is 0 Å². The standard InChI is InChI=1S/C8H18O.Y/c1-3-5-6-8(4-2)7-9;/h8-9H,3-7H2,1-2H3;. The van der Waals surface area contributed by atoms with Gasteiger partial charge in [-0.25, -0.2) is 0 Å². The van der Waals surface area contributed by atoms with Gasteiger partial charge in [0.15, 0.2) is 0 Å². The van der Waals surface area contributed by atoms with Crippen molar-refractivity contribution in [2.75, 3.05) is 6.61 Å². The van der Waals surface area contributed by atoms with Crippen LogP contribution in [-0.4, -0.2) is 11.7 Å². The molecule has 0 saturated carbocycles. The SMILES string of the molecule is CCCCC(CC)CO.[Y]. The maximum atomic E-state index is 8.75. The summed E-state index contributed by atoms with van der Waals surface area (Å²) in [6, 6.07) is 0. The Labute approximate surface area is 89.5 Å². The summed E-state index contributed by atoms with van der Waals surface area (Å²) in [5.41, 5.74) is 0. The Balaban J connectivity index is 0. The van der Waals surface area contributed by atoms with Gasteiger partial charge in [0.2, 0.25) is 0 Å². The van der Waals surface area contributed by atoms with Crippen molar-refractivity contribution in [3.8, 4) is 0 Å². The number of hydrogen-bond acceptors (Lipinski definition) is 1. The fourth-order valence-electron chi connectivity index (χ4n) is 0.917. The van der Waals surface area contributed by atoms with Gasteiger partial charge in [-0.2, -0.15) is 0 Å². The van der Waals surface area contributed by atoms with E-state index in [9.17, 15) is 0 Å². The molecule has 0 heterocycles. The molecule has 0 aromatic rings. The number of aliphatic hydroxyl groups is 1. The van der Waals surface area contributed by atoms with E-state index in [1.807, 2.05) is 0 Å². The molecule has 0 rings (SSSR count). The van der Waals surface area contributed by atoms with Crippen LogP contribution in [0.3, 0.4) is 0 Å². The third-order valence-corrected chi connectivity index (χ3v) is 1.80. The second-order valence-corrected chi connectivity index (χ2v) is 2.60. The molecule has 0 aromatic carbocycles. The largest absolute Gasteiger partial charge is 0.396 e. The minimum absolute atomic E-state index is 0. The first-order valence-corrected chi connectivity index (χ1v) is 3.96. The fourth-order valence-corrected chi connectivity index (χ4v) is 0.917. The molecule has 2 heteroatoms. The van der Waals surface area contributed by atoms with E-state index in [4.69, 9.17) is 5.11 Å². The Morgan fingerprint density at radius 1 is 1.30 bits per heavy atom. The summed E-state index contributed by atoms with van der Waals surface area (Å²) in [6.07, 6.45) is 4.83. The van der Waals surface area contributed by atoms with E-state index >= 15 is 0 Å². The molecule has 0 amide bonds. The summed E-state index contributed by atoms with van der Waals surface area (Å²) in [5, 5.41) is 8.75. The molecule has 1 atom stereocenters. The van der Waals surface area contributed by atoms with Gasteiger partial charge in [0.05, 0.1) is 0 Å². The van der Waals surface area contributed by atoms with Gasteiger partial charge < -0.3 is 5.11 Å². The van der Waals surface area contributed by atoms with Crippen LogP contribution in [0.15, 0.2) is 0 Å². The van der Waals surface area contributed by atoms with E-state index in [1.54, 1.807) is 0 Å². The normalized spacial score (nSPS) is 12.3. The smallest absolute Gasteiger partial charge is 0.0459 e. The molecule has 59 valence electrons. The van der Waals surface area contributed by atoms with Crippen molar-refractivity contribution in [2.45, 2.75) is 39.5 Å². The molecule has 0 aliphatic rings. The third kappa shape index (κ3) is 7.17. The van der Waals surface area contributed by atoms with E-state index in [2.05, 4.69) is 13.8 Å². The van der Waals surface area contributed by atoms with E-state index in [0.29, 0.717) is 12.5 Å². The van der Waals surface area contributed by atoms with Gasteiger partial charge in [-0.3, -0.25) is 0 Å². The van der Waals surface area contributed by atoms with E-state index < -0.39 is 0 Å². The molecule has 1 N–H and O–H groups in total. The number of unbranched alkanes of at least 4 members (excludes halogenated alkanes) is 1. The summed E-state index contributed by atoms with van der Waals surface area (Å²) < 4.78 is 0. The topological polar surface area (TPSA) is 20.2 Å². The van der Waals surface area contributed by atoms with Crippen LogP contribution in [0.2, 0.25) is 0 Å². The van der Waals surface area contributed by atoms with Gasteiger partial charge in [0.1, 0.15) is 0 Å². The predicted octanol–water partition coefficient (Wildman–Crippen LogP) is 2.19. The first-order chi connectivity index (χ1) is 4.35. The quantitative estimate of drug-likeness (QED) is 0.751. The van der Waals surface area contributed by atoms with Gasteiger partial charge in [-0.15, -0.1) is 0 Å². The van der Waals surface area contributed by atoms with Gasteiger partial charge in [0.25, 0.3) is 0 Å². The number of rotatable bonds is 5. The first-order valence-electron chi connectivity index (χ1n) is 3.96. The minimum Gasteiger partial charge on any atom is -0.396 e. The fraction of sp³-hybridized carbons (Fsp3) is 1.00. The van der Waals surface area contributed by atoms with E-state index in [-0.39, 0.29) is 32.7 Å². The molecular formula is C8H18OY. The molecule has 0 bridgehead atoms. The van der Waals surface area contributed by atoms with Crippen LogP contribution < -0.4 is 0 Å². The zero-order valence-electron chi connectivity index (χ0n) is 7.14. The zero-order chi connectivity index (χ0) is 7.11. The first kappa shape index (κ1) is 13.6.